The Bertz CT molecular complexity index is 747. The Hall–Kier alpha value is -2.04. The van der Waals surface area contributed by atoms with Crippen LogP contribution >= 0.6 is 0 Å². The lowest BCUT2D eigenvalue weighted by molar-refractivity contribution is -0.134. The van der Waals surface area contributed by atoms with Crippen LogP contribution in [-0.2, 0) is 15.0 Å². The van der Waals surface area contributed by atoms with Crippen molar-refractivity contribution in [1.82, 2.24) is 5.32 Å². The number of nitrogens with two attached hydrogens (primary N) is 1. The number of primary amides is 1. The molecule has 2 amide bonds. The smallest absolute Gasteiger partial charge is 0.243 e. The van der Waals surface area contributed by atoms with E-state index < -0.39 is 11.4 Å². The molecule has 2 atom stereocenters. The minimum atomic E-state index is -0.888. The summed E-state index contributed by atoms with van der Waals surface area (Å²) in [6.45, 7) is 5.04. The van der Waals surface area contributed by atoms with E-state index in [1.807, 2.05) is 18.2 Å². The first-order valence-corrected chi connectivity index (χ1v) is 9.62. The van der Waals surface area contributed by atoms with Gasteiger partial charge in [0.15, 0.2) is 0 Å². The highest BCUT2D eigenvalue weighted by atomic mass is 16.5. The van der Waals surface area contributed by atoms with Gasteiger partial charge in [0.2, 0.25) is 11.8 Å². The lowest BCUT2D eigenvalue weighted by atomic mass is 9.69. The average Bonchev–Trinajstić information content (AvgIpc) is 3.32. The van der Waals surface area contributed by atoms with E-state index in [-0.39, 0.29) is 22.7 Å². The van der Waals surface area contributed by atoms with Gasteiger partial charge in [-0.2, -0.15) is 0 Å². The number of carbonyl (C=O) groups excluding carboxylic acids is 2. The number of hydrogen-bond acceptors (Lipinski definition) is 3. The van der Waals surface area contributed by atoms with Crippen molar-refractivity contribution in [3.8, 4) is 5.75 Å². The van der Waals surface area contributed by atoms with Gasteiger partial charge in [-0.25, -0.2) is 0 Å². The van der Waals surface area contributed by atoms with Crippen molar-refractivity contribution in [3.05, 3.63) is 29.8 Å². The molecule has 3 N–H and O–H groups in total. The molecule has 140 valence electrons. The maximum Gasteiger partial charge on any atom is 0.243 e. The van der Waals surface area contributed by atoms with Crippen molar-refractivity contribution < 1.29 is 14.3 Å². The molecule has 1 aromatic rings. The molecule has 4 rings (SSSR count). The van der Waals surface area contributed by atoms with Crippen LogP contribution in [0.2, 0.25) is 0 Å². The minimum absolute atomic E-state index is 0.0276. The van der Waals surface area contributed by atoms with E-state index in [1.165, 1.54) is 0 Å². The molecule has 2 fully saturated rings. The fourth-order valence-electron chi connectivity index (χ4n) is 4.81. The standard InChI is InChI=1S/C21H28N2O3/c1-19(2)7-9-21(10-8-19,18(22)25)23-17(24)15-13-20(15)11-12-26-16-6-4-3-5-14(16)20/h3-6,15H,7-13H2,1-2H3,(H2,22,25)(H,23,24). The van der Waals surface area contributed by atoms with Gasteiger partial charge in [-0.1, -0.05) is 32.0 Å². The van der Waals surface area contributed by atoms with Crippen molar-refractivity contribution in [2.24, 2.45) is 17.1 Å². The predicted octanol–water partition coefficient (Wildman–Crippen LogP) is 2.67. The van der Waals surface area contributed by atoms with Crippen LogP contribution in [0.25, 0.3) is 0 Å². The van der Waals surface area contributed by atoms with Crippen LogP contribution in [-0.4, -0.2) is 24.0 Å². The fourth-order valence-corrected chi connectivity index (χ4v) is 4.81. The Morgan fingerprint density at radius 1 is 1.12 bits per heavy atom. The fraction of sp³-hybridized carbons (Fsp3) is 0.619. The number of rotatable bonds is 3. The summed E-state index contributed by atoms with van der Waals surface area (Å²) >= 11 is 0. The maximum absolute atomic E-state index is 13.1. The molecule has 0 saturated heterocycles. The number of amides is 2. The van der Waals surface area contributed by atoms with Crippen molar-refractivity contribution in [1.29, 1.82) is 0 Å². The molecule has 0 aromatic heterocycles. The highest BCUT2D eigenvalue weighted by molar-refractivity contribution is 5.93. The van der Waals surface area contributed by atoms with E-state index in [0.717, 1.165) is 37.0 Å². The summed E-state index contributed by atoms with van der Waals surface area (Å²) < 4.78 is 5.75. The predicted molar refractivity (Wildman–Crippen MR) is 98.7 cm³/mol. The molecule has 3 aliphatic rings. The topological polar surface area (TPSA) is 81.4 Å². The zero-order valence-electron chi connectivity index (χ0n) is 15.6. The lowest BCUT2D eigenvalue weighted by Crippen LogP contribution is -2.60. The third-order valence-electron chi connectivity index (χ3n) is 6.91. The Morgan fingerprint density at radius 2 is 1.81 bits per heavy atom. The zero-order valence-corrected chi connectivity index (χ0v) is 15.6. The van der Waals surface area contributed by atoms with E-state index in [1.54, 1.807) is 0 Å². The van der Waals surface area contributed by atoms with Crippen molar-refractivity contribution >= 4 is 11.8 Å². The highest BCUT2D eigenvalue weighted by Crippen LogP contribution is 2.60. The van der Waals surface area contributed by atoms with Crippen LogP contribution in [0.3, 0.4) is 0 Å². The third-order valence-corrected chi connectivity index (χ3v) is 6.91. The monoisotopic (exact) mass is 356 g/mol. The summed E-state index contributed by atoms with van der Waals surface area (Å²) in [5, 5.41) is 3.08. The summed E-state index contributed by atoms with van der Waals surface area (Å²) in [5.41, 5.74) is 6.04. The van der Waals surface area contributed by atoms with Crippen LogP contribution in [0.5, 0.6) is 5.75 Å². The first-order valence-electron chi connectivity index (χ1n) is 9.62. The van der Waals surface area contributed by atoms with Crippen LogP contribution in [0, 0.1) is 11.3 Å². The van der Waals surface area contributed by atoms with Crippen LogP contribution in [0.4, 0.5) is 0 Å². The normalized spacial score (nSPS) is 30.8. The largest absolute Gasteiger partial charge is 0.493 e. The molecule has 2 unspecified atom stereocenters. The van der Waals surface area contributed by atoms with Crippen LogP contribution in [0.15, 0.2) is 24.3 Å². The molecule has 0 radical (unpaired) electrons. The maximum atomic E-state index is 13.1. The summed E-state index contributed by atoms with van der Waals surface area (Å²) in [6.07, 6.45) is 4.70. The third kappa shape index (κ3) is 2.68. The molecule has 26 heavy (non-hydrogen) atoms. The molecular weight excluding hydrogens is 328 g/mol. The van der Waals surface area contributed by atoms with Crippen LogP contribution < -0.4 is 15.8 Å². The number of benzene rings is 1. The second-order valence-corrected chi connectivity index (χ2v) is 9.11. The summed E-state index contributed by atoms with van der Waals surface area (Å²) in [4.78, 5) is 25.3. The van der Waals surface area contributed by atoms with Gasteiger partial charge in [0.05, 0.1) is 6.61 Å². The number of carbonyl (C=O) groups is 2. The quantitative estimate of drug-likeness (QED) is 0.874. The summed E-state index contributed by atoms with van der Waals surface area (Å²) in [7, 11) is 0. The molecule has 5 nitrogen and oxygen atoms in total. The molecule has 1 spiro atoms. The van der Waals surface area contributed by atoms with Crippen molar-refractivity contribution in [2.75, 3.05) is 6.61 Å². The second-order valence-electron chi connectivity index (χ2n) is 9.11. The molecule has 1 aromatic carbocycles. The van der Waals surface area contributed by atoms with Gasteiger partial charge >= 0.3 is 0 Å². The lowest BCUT2D eigenvalue weighted by Gasteiger charge is -2.42. The van der Waals surface area contributed by atoms with E-state index in [9.17, 15) is 9.59 Å². The average molecular weight is 356 g/mol. The van der Waals surface area contributed by atoms with E-state index in [4.69, 9.17) is 10.5 Å². The molecule has 0 bridgehead atoms. The molecule has 1 heterocycles. The highest BCUT2D eigenvalue weighted by Gasteiger charge is 2.62. The van der Waals surface area contributed by atoms with Gasteiger partial charge in [0.1, 0.15) is 11.3 Å². The molecule has 2 aliphatic carbocycles. The van der Waals surface area contributed by atoms with Gasteiger partial charge in [0, 0.05) is 16.9 Å². The molecule has 1 aliphatic heterocycles. The second kappa shape index (κ2) is 5.73. The minimum Gasteiger partial charge on any atom is -0.493 e. The number of nitrogens with one attached hydrogen (secondary N) is 1. The first-order chi connectivity index (χ1) is 12.3. The summed E-state index contributed by atoms with van der Waals surface area (Å²) in [5.74, 6) is 0.362. The number of hydrogen-bond donors (Lipinski definition) is 2. The Labute approximate surface area is 154 Å². The number of ether oxygens (including phenoxy) is 1. The van der Waals surface area contributed by atoms with Gasteiger partial charge < -0.3 is 15.8 Å². The Balaban J connectivity index is 1.52. The van der Waals surface area contributed by atoms with Crippen molar-refractivity contribution in [2.45, 2.75) is 63.3 Å². The Kier molecular flexibility index (Phi) is 3.83. The number of fused-ring (bicyclic) bond motifs is 2. The molecule has 2 saturated carbocycles. The Morgan fingerprint density at radius 3 is 2.50 bits per heavy atom. The number of para-hydroxylation sites is 1. The molecular formula is C21H28N2O3. The van der Waals surface area contributed by atoms with E-state index in [2.05, 4.69) is 25.2 Å². The first kappa shape index (κ1) is 17.4. The van der Waals surface area contributed by atoms with Gasteiger partial charge in [-0.3, -0.25) is 9.59 Å². The van der Waals surface area contributed by atoms with E-state index >= 15 is 0 Å². The molecule has 5 heteroatoms. The van der Waals surface area contributed by atoms with Gasteiger partial charge in [0.25, 0.3) is 0 Å². The SMILES string of the molecule is CC1(C)CCC(NC(=O)C2CC23CCOc2ccccc23)(C(N)=O)CC1. The van der Waals surface area contributed by atoms with Crippen LogP contribution in [0.1, 0.15) is 57.9 Å². The van der Waals surface area contributed by atoms with E-state index in [0.29, 0.717) is 19.4 Å². The van der Waals surface area contributed by atoms with Gasteiger partial charge in [-0.05, 0) is 50.0 Å². The van der Waals surface area contributed by atoms with Gasteiger partial charge in [-0.15, -0.1) is 0 Å². The van der Waals surface area contributed by atoms with Crippen molar-refractivity contribution in [3.63, 3.8) is 0 Å². The summed E-state index contributed by atoms with van der Waals surface area (Å²) in [6, 6.07) is 7.99. The zero-order chi connectivity index (χ0) is 18.6.